The van der Waals surface area contributed by atoms with Crippen LogP contribution in [0, 0.1) is 0 Å². The van der Waals surface area contributed by atoms with E-state index in [2.05, 4.69) is 24.4 Å². The first-order chi connectivity index (χ1) is 6.33. The van der Waals surface area contributed by atoms with Gasteiger partial charge in [0.15, 0.2) is 0 Å². The first-order valence-corrected chi connectivity index (χ1v) is 5.24. The molecule has 0 aliphatic heterocycles. The van der Waals surface area contributed by atoms with Crippen molar-refractivity contribution in [3.05, 3.63) is 12.2 Å². The summed E-state index contributed by atoms with van der Waals surface area (Å²) in [6.45, 7) is 3.08. The predicted molar refractivity (Wildman–Crippen MR) is 55.9 cm³/mol. The normalized spacial score (nSPS) is 24.6. The summed E-state index contributed by atoms with van der Waals surface area (Å²) >= 11 is 0. The molecule has 0 amide bonds. The zero-order valence-corrected chi connectivity index (χ0v) is 8.75. The first kappa shape index (κ1) is 10.7. The van der Waals surface area contributed by atoms with Gasteiger partial charge in [0.05, 0.1) is 0 Å². The summed E-state index contributed by atoms with van der Waals surface area (Å²) in [4.78, 5) is 0. The molecule has 76 valence electrons. The van der Waals surface area contributed by atoms with Gasteiger partial charge in [0, 0.05) is 25.8 Å². The number of methoxy groups -OCH3 is 1. The lowest BCUT2D eigenvalue weighted by Gasteiger charge is -2.22. The summed E-state index contributed by atoms with van der Waals surface area (Å²) < 4.78 is 5.04. The maximum Gasteiger partial charge on any atom is 0.0476 e. The van der Waals surface area contributed by atoms with Crippen LogP contribution < -0.4 is 5.32 Å². The SMILES string of the molecule is COCCC(C)NC1C=CCCC1. The molecule has 2 nitrogen and oxygen atoms in total. The second kappa shape index (κ2) is 6.17. The van der Waals surface area contributed by atoms with Gasteiger partial charge in [-0.2, -0.15) is 0 Å². The first-order valence-electron chi connectivity index (χ1n) is 5.24. The van der Waals surface area contributed by atoms with Crippen molar-refractivity contribution in [3.8, 4) is 0 Å². The fraction of sp³-hybridized carbons (Fsp3) is 0.818. The Kier molecular flexibility index (Phi) is 5.09. The zero-order chi connectivity index (χ0) is 9.52. The Morgan fingerprint density at radius 2 is 2.46 bits per heavy atom. The second-order valence-corrected chi connectivity index (χ2v) is 3.81. The van der Waals surface area contributed by atoms with Crippen molar-refractivity contribution in [3.63, 3.8) is 0 Å². The van der Waals surface area contributed by atoms with Crippen LogP contribution in [0.1, 0.15) is 32.6 Å². The molecule has 2 heteroatoms. The summed E-state index contributed by atoms with van der Waals surface area (Å²) in [6.07, 6.45) is 9.54. The van der Waals surface area contributed by atoms with Crippen LogP contribution in [0.15, 0.2) is 12.2 Å². The van der Waals surface area contributed by atoms with E-state index in [1.54, 1.807) is 7.11 Å². The van der Waals surface area contributed by atoms with Crippen LogP contribution in [0.2, 0.25) is 0 Å². The number of hydrogen-bond donors (Lipinski definition) is 1. The Labute approximate surface area is 81.4 Å². The quantitative estimate of drug-likeness (QED) is 0.659. The molecule has 0 bridgehead atoms. The Morgan fingerprint density at radius 3 is 3.08 bits per heavy atom. The molecule has 1 rings (SSSR count). The third-order valence-corrected chi connectivity index (χ3v) is 2.51. The Bertz CT molecular complexity index is 156. The molecular weight excluding hydrogens is 162 g/mol. The van der Waals surface area contributed by atoms with E-state index in [9.17, 15) is 0 Å². The lowest BCUT2D eigenvalue weighted by molar-refractivity contribution is 0.183. The van der Waals surface area contributed by atoms with Crippen LogP contribution in [-0.4, -0.2) is 25.8 Å². The molecule has 0 aromatic heterocycles. The van der Waals surface area contributed by atoms with Gasteiger partial charge < -0.3 is 10.1 Å². The monoisotopic (exact) mass is 183 g/mol. The Balaban J connectivity index is 2.14. The average Bonchev–Trinajstić information content (AvgIpc) is 2.16. The summed E-state index contributed by atoms with van der Waals surface area (Å²) in [5, 5.41) is 3.59. The zero-order valence-electron chi connectivity index (χ0n) is 8.75. The largest absolute Gasteiger partial charge is 0.385 e. The van der Waals surface area contributed by atoms with Crippen molar-refractivity contribution in [1.82, 2.24) is 5.32 Å². The molecule has 0 saturated carbocycles. The van der Waals surface area contributed by atoms with E-state index in [0.717, 1.165) is 13.0 Å². The highest BCUT2D eigenvalue weighted by Crippen LogP contribution is 2.11. The van der Waals surface area contributed by atoms with Crippen LogP contribution in [0.25, 0.3) is 0 Å². The fourth-order valence-corrected chi connectivity index (χ4v) is 1.69. The molecule has 0 spiro atoms. The molecule has 2 unspecified atom stereocenters. The van der Waals surface area contributed by atoms with Gasteiger partial charge in [0.2, 0.25) is 0 Å². The number of hydrogen-bond acceptors (Lipinski definition) is 2. The van der Waals surface area contributed by atoms with Crippen molar-refractivity contribution >= 4 is 0 Å². The van der Waals surface area contributed by atoms with Crippen molar-refractivity contribution < 1.29 is 4.74 Å². The van der Waals surface area contributed by atoms with Gasteiger partial charge in [0.25, 0.3) is 0 Å². The molecule has 1 N–H and O–H groups in total. The van der Waals surface area contributed by atoms with E-state index >= 15 is 0 Å². The minimum atomic E-state index is 0.563. The van der Waals surface area contributed by atoms with Crippen LogP contribution in [0.3, 0.4) is 0 Å². The van der Waals surface area contributed by atoms with E-state index in [1.807, 2.05) is 0 Å². The molecule has 1 aliphatic rings. The Hall–Kier alpha value is -0.340. The van der Waals surface area contributed by atoms with Crippen molar-refractivity contribution in [2.75, 3.05) is 13.7 Å². The van der Waals surface area contributed by atoms with Crippen LogP contribution in [0.5, 0.6) is 0 Å². The lowest BCUT2D eigenvalue weighted by Crippen LogP contribution is -2.36. The van der Waals surface area contributed by atoms with Crippen LogP contribution in [0.4, 0.5) is 0 Å². The number of ether oxygens (including phenoxy) is 1. The number of rotatable bonds is 5. The van der Waals surface area contributed by atoms with E-state index in [-0.39, 0.29) is 0 Å². The molecule has 0 heterocycles. The standard InChI is InChI=1S/C11H21NO/c1-10(8-9-13-2)12-11-6-4-3-5-7-11/h4,6,10-12H,3,5,7-9H2,1-2H3. The van der Waals surface area contributed by atoms with Crippen molar-refractivity contribution in [2.45, 2.75) is 44.7 Å². The molecule has 0 fully saturated rings. The van der Waals surface area contributed by atoms with Gasteiger partial charge in [-0.05, 0) is 32.6 Å². The fourth-order valence-electron chi connectivity index (χ4n) is 1.69. The molecule has 2 atom stereocenters. The molecule has 0 aromatic carbocycles. The van der Waals surface area contributed by atoms with E-state index < -0.39 is 0 Å². The van der Waals surface area contributed by atoms with Gasteiger partial charge in [-0.25, -0.2) is 0 Å². The molecule has 1 aliphatic carbocycles. The summed E-state index contributed by atoms with van der Waals surface area (Å²) in [7, 11) is 1.76. The van der Waals surface area contributed by atoms with Gasteiger partial charge in [-0.1, -0.05) is 12.2 Å². The minimum Gasteiger partial charge on any atom is -0.385 e. The number of nitrogens with one attached hydrogen (secondary N) is 1. The second-order valence-electron chi connectivity index (χ2n) is 3.81. The maximum absolute atomic E-state index is 5.04. The highest BCUT2D eigenvalue weighted by atomic mass is 16.5. The van der Waals surface area contributed by atoms with Gasteiger partial charge >= 0.3 is 0 Å². The van der Waals surface area contributed by atoms with Gasteiger partial charge in [-0.15, -0.1) is 0 Å². The molecule has 0 saturated heterocycles. The Morgan fingerprint density at radius 1 is 1.62 bits per heavy atom. The molecular formula is C11H21NO. The summed E-state index contributed by atoms with van der Waals surface area (Å²) in [6, 6.07) is 1.16. The molecule has 0 aromatic rings. The maximum atomic E-state index is 5.04. The lowest BCUT2D eigenvalue weighted by atomic mass is 10.0. The van der Waals surface area contributed by atoms with Crippen molar-refractivity contribution in [1.29, 1.82) is 0 Å². The van der Waals surface area contributed by atoms with E-state index in [4.69, 9.17) is 4.74 Å². The topological polar surface area (TPSA) is 21.3 Å². The molecule has 0 radical (unpaired) electrons. The summed E-state index contributed by atoms with van der Waals surface area (Å²) in [5.74, 6) is 0. The van der Waals surface area contributed by atoms with Crippen LogP contribution >= 0.6 is 0 Å². The van der Waals surface area contributed by atoms with Gasteiger partial charge in [0.1, 0.15) is 0 Å². The third-order valence-electron chi connectivity index (χ3n) is 2.51. The van der Waals surface area contributed by atoms with Crippen molar-refractivity contribution in [2.24, 2.45) is 0 Å². The van der Waals surface area contributed by atoms with Gasteiger partial charge in [-0.3, -0.25) is 0 Å². The predicted octanol–water partition coefficient (Wildman–Crippen LogP) is 2.11. The van der Waals surface area contributed by atoms with Crippen LogP contribution in [-0.2, 0) is 4.74 Å². The van der Waals surface area contributed by atoms with E-state index in [1.165, 1.54) is 19.3 Å². The average molecular weight is 183 g/mol. The smallest absolute Gasteiger partial charge is 0.0476 e. The highest BCUT2D eigenvalue weighted by molar-refractivity contribution is 4.98. The molecule has 13 heavy (non-hydrogen) atoms. The minimum absolute atomic E-state index is 0.563. The number of allylic oxidation sites excluding steroid dienone is 1. The summed E-state index contributed by atoms with van der Waals surface area (Å²) in [5.41, 5.74) is 0. The highest BCUT2D eigenvalue weighted by Gasteiger charge is 2.10. The van der Waals surface area contributed by atoms with E-state index in [0.29, 0.717) is 12.1 Å². The third kappa shape index (κ3) is 4.44.